The highest BCUT2D eigenvalue weighted by Crippen LogP contribution is 2.28. The van der Waals surface area contributed by atoms with Gasteiger partial charge in [0.2, 0.25) is 0 Å². The summed E-state index contributed by atoms with van der Waals surface area (Å²) in [6, 6.07) is 0.262. The first kappa shape index (κ1) is 14.8. The molecule has 0 amide bonds. The molecule has 0 radical (unpaired) electrons. The van der Waals surface area contributed by atoms with Gasteiger partial charge in [-0.2, -0.15) is 0 Å². The van der Waals surface area contributed by atoms with Gasteiger partial charge in [0.15, 0.2) is 10.8 Å². The maximum absolute atomic E-state index is 9.36. The van der Waals surface area contributed by atoms with E-state index in [1.54, 1.807) is 11.3 Å². The summed E-state index contributed by atoms with van der Waals surface area (Å²) in [5.41, 5.74) is 1.18. The van der Waals surface area contributed by atoms with Crippen molar-refractivity contribution in [1.82, 2.24) is 14.7 Å². The van der Waals surface area contributed by atoms with Gasteiger partial charge < -0.3 is 20.1 Å². The minimum Gasteiger partial charge on any atom is -0.394 e. The number of hydrogen-bond acceptors (Lipinski definition) is 6. The van der Waals surface area contributed by atoms with Gasteiger partial charge in [0, 0.05) is 24.7 Å². The van der Waals surface area contributed by atoms with E-state index < -0.39 is 0 Å². The van der Waals surface area contributed by atoms with Crippen molar-refractivity contribution < 1.29 is 9.84 Å². The van der Waals surface area contributed by atoms with Crippen molar-refractivity contribution >= 4 is 22.1 Å². The van der Waals surface area contributed by atoms with Crippen LogP contribution in [0.1, 0.15) is 19.5 Å². The number of rotatable bonds is 5. The van der Waals surface area contributed by atoms with E-state index in [1.165, 1.54) is 5.69 Å². The molecule has 1 aliphatic rings. The molecule has 0 bridgehead atoms. The summed E-state index contributed by atoms with van der Waals surface area (Å²) >= 11 is 1.64. The Morgan fingerprint density at radius 1 is 1.57 bits per heavy atom. The van der Waals surface area contributed by atoms with Crippen molar-refractivity contribution in [3.63, 3.8) is 0 Å². The number of nitrogens with zero attached hydrogens (tertiary/aromatic N) is 3. The van der Waals surface area contributed by atoms with Crippen LogP contribution in [0, 0.1) is 0 Å². The summed E-state index contributed by atoms with van der Waals surface area (Å²) in [6.45, 7) is 7.31. The van der Waals surface area contributed by atoms with Gasteiger partial charge in [0.1, 0.15) is 0 Å². The Bertz CT molecular complexity index is 597. The Labute approximate surface area is 128 Å². The average Bonchev–Trinajstić information content (AvgIpc) is 3.07. The van der Waals surface area contributed by atoms with Crippen molar-refractivity contribution in [2.24, 2.45) is 0 Å². The van der Waals surface area contributed by atoms with Crippen LogP contribution in [0.4, 0.5) is 5.82 Å². The topological polar surface area (TPSA) is 62.0 Å². The minimum absolute atomic E-state index is 0.0496. The van der Waals surface area contributed by atoms with E-state index in [4.69, 9.17) is 9.72 Å². The van der Waals surface area contributed by atoms with Crippen LogP contribution < -0.4 is 10.2 Å². The SMILES string of the molecule is CCNCc1c(N2CC(CO)OCC2C)nc2sccn12. The molecule has 7 heteroatoms. The van der Waals surface area contributed by atoms with Crippen LogP contribution in [0.25, 0.3) is 4.96 Å². The van der Waals surface area contributed by atoms with Crippen molar-refractivity contribution in [3.8, 4) is 0 Å². The van der Waals surface area contributed by atoms with Crippen LogP contribution in [0.3, 0.4) is 0 Å². The van der Waals surface area contributed by atoms with Crippen molar-refractivity contribution in [1.29, 1.82) is 0 Å². The van der Waals surface area contributed by atoms with E-state index in [1.807, 2.05) is 0 Å². The number of hydrogen-bond donors (Lipinski definition) is 2. The Hall–Kier alpha value is -1.15. The fraction of sp³-hybridized carbons (Fsp3) is 0.643. The van der Waals surface area contributed by atoms with Gasteiger partial charge >= 0.3 is 0 Å². The summed E-state index contributed by atoms with van der Waals surface area (Å²) in [7, 11) is 0. The van der Waals surface area contributed by atoms with Crippen LogP contribution in [0.15, 0.2) is 11.6 Å². The van der Waals surface area contributed by atoms with Crippen LogP contribution in [-0.4, -0.2) is 52.9 Å². The molecule has 0 spiro atoms. The monoisotopic (exact) mass is 310 g/mol. The normalized spacial score (nSPS) is 23.1. The zero-order valence-electron chi connectivity index (χ0n) is 12.5. The Kier molecular flexibility index (Phi) is 4.44. The summed E-state index contributed by atoms with van der Waals surface area (Å²) in [4.78, 5) is 8.07. The van der Waals surface area contributed by atoms with E-state index in [-0.39, 0.29) is 18.8 Å². The molecule has 0 aromatic carbocycles. The third-order valence-electron chi connectivity index (χ3n) is 3.86. The quantitative estimate of drug-likeness (QED) is 0.866. The average molecular weight is 310 g/mol. The molecule has 0 aliphatic carbocycles. The van der Waals surface area contributed by atoms with Crippen LogP contribution >= 0.6 is 11.3 Å². The first-order valence-electron chi connectivity index (χ1n) is 7.38. The maximum Gasteiger partial charge on any atom is 0.195 e. The standard InChI is InChI=1S/C14H22N4O2S/c1-3-15-6-12-13(16-14-17(12)4-5-21-14)18-7-11(8-19)20-9-10(18)2/h4-5,10-11,15,19H,3,6-9H2,1-2H3. The third kappa shape index (κ3) is 2.78. The number of anilines is 1. The van der Waals surface area contributed by atoms with E-state index in [2.05, 4.69) is 40.0 Å². The Balaban J connectivity index is 1.95. The second kappa shape index (κ2) is 6.31. The van der Waals surface area contributed by atoms with Gasteiger partial charge in [-0.05, 0) is 13.5 Å². The van der Waals surface area contributed by atoms with Crippen molar-refractivity contribution in [2.45, 2.75) is 32.5 Å². The molecule has 116 valence electrons. The number of morpholine rings is 1. The first-order chi connectivity index (χ1) is 10.2. The van der Waals surface area contributed by atoms with E-state index in [0.717, 1.165) is 23.9 Å². The molecule has 1 aliphatic heterocycles. The lowest BCUT2D eigenvalue weighted by molar-refractivity contribution is -0.0106. The highest BCUT2D eigenvalue weighted by molar-refractivity contribution is 7.15. The van der Waals surface area contributed by atoms with E-state index >= 15 is 0 Å². The molecule has 3 heterocycles. The molecule has 21 heavy (non-hydrogen) atoms. The minimum atomic E-state index is -0.132. The van der Waals surface area contributed by atoms with Crippen LogP contribution in [-0.2, 0) is 11.3 Å². The van der Waals surface area contributed by atoms with Gasteiger partial charge in [-0.25, -0.2) is 4.98 Å². The fourth-order valence-electron chi connectivity index (χ4n) is 2.68. The van der Waals surface area contributed by atoms with Gasteiger partial charge in [-0.15, -0.1) is 11.3 Å². The fourth-order valence-corrected chi connectivity index (χ4v) is 3.41. The van der Waals surface area contributed by atoms with Crippen molar-refractivity contribution in [2.75, 3.05) is 31.2 Å². The lowest BCUT2D eigenvalue weighted by Crippen LogP contribution is -2.50. The molecule has 2 aromatic rings. The van der Waals surface area contributed by atoms with Gasteiger partial charge in [-0.1, -0.05) is 6.92 Å². The highest BCUT2D eigenvalue weighted by atomic mass is 32.1. The lowest BCUT2D eigenvalue weighted by atomic mass is 10.2. The van der Waals surface area contributed by atoms with Crippen LogP contribution in [0.5, 0.6) is 0 Å². The maximum atomic E-state index is 9.36. The molecule has 2 N–H and O–H groups in total. The molecule has 3 rings (SSSR count). The lowest BCUT2D eigenvalue weighted by Gasteiger charge is -2.38. The third-order valence-corrected chi connectivity index (χ3v) is 4.62. The van der Waals surface area contributed by atoms with Gasteiger partial charge in [0.05, 0.1) is 31.1 Å². The Morgan fingerprint density at radius 3 is 3.19 bits per heavy atom. The van der Waals surface area contributed by atoms with E-state index in [0.29, 0.717) is 13.2 Å². The zero-order chi connectivity index (χ0) is 14.8. The van der Waals surface area contributed by atoms with Crippen LogP contribution in [0.2, 0.25) is 0 Å². The zero-order valence-corrected chi connectivity index (χ0v) is 13.3. The predicted molar refractivity (Wildman–Crippen MR) is 84.1 cm³/mol. The number of nitrogens with one attached hydrogen (secondary N) is 1. The van der Waals surface area contributed by atoms with E-state index in [9.17, 15) is 5.11 Å². The summed E-state index contributed by atoms with van der Waals surface area (Å²) < 4.78 is 7.78. The van der Waals surface area contributed by atoms with Gasteiger partial charge in [-0.3, -0.25) is 4.40 Å². The first-order valence-corrected chi connectivity index (χ1v) is 8.26. The second-order valence-corrected chi connectivity index (χ2v) is 6.23. The molecule has 2 unspecified atom stereocenters. The second-order valence-electron chi connectivity index (χ2n) is 5.36. The van der Waals surface area contributed by atoms with Gasteiger partial charge in [0.25, 0.3) is 0 Å². The highest BCUT2D eigenvalue weighted by Gasteiger charge is 2.29. The van der Waals surface area contributed by atoms with Crippen molar-refractivity contribution in [3.05, 3.63) is 17.3 Å². The molecule has 0 saturated carbocycles. The number of ether oxygens (including phenoxy) is 1. The molecular weight excluding hydrogens is 288 g/mol. The summed E-state index contributed by atoms with van der Waals surface area (Å²) in [5, 5.41) is 14.8. The number of aliphatic hydroxyl groups excluding tert-OH is 1. The number of aromatic nitrogens is 2. The molecule has 1 saturated heterocycles. The number of thiazole rings is 1. The Morgan fingerprint density at radius 2 is 2.43 bits per heavy atom. The summed E-state index contributed by atoms with van der Waals surface area (Å²) in [5.74, 6) is 1.01. The predicted octanol–water partition coefficient (Wildman–Crippen LogP) is 1.09. The molecular formula is C14H22N4O2S. The number of imidazole rings is 1. The molecule has 1 fully saturated rings. The molecule has 6 nitrogen and oxygen atoms in total. The number of fused-ring (bicyclic) bond motifs is 1. The number of aliphatic hydroxyl groups is 1. The summed E-state index contributed by atoms with van der Waals surface area (Å²) in [6.07, 6.45) is 1.94. The molecule has 2 atom stereocenters. The molecule has 2 aromatic heterocycles. The smallest absolute Gasteiger partial charge is 0.195 e. The largest absolute Gasteiger partial charge is 0.394 e.